The number of imidazole rings is 2. The lowest BCUT2D eigenvalue weighted by Crippen LogP contribution is -2.65. The summed E-state index contributed by atoms with van der Waals surface area (Å²) in [6.07, 6.45) is 6.51. The van der Waals surface area contributed by atoms with Gasteiger partial charge in [-0.2, -0.15) is 5.10 Å². The number of hydrogen-bond donors (Lipinski definition) is 6. The van der Waals surface area contributed by atoms with Crippen LogP contribution in [0.25, 0.3) is 22.2 Å². The first-order valence-corrected chi connectivity index (χ1v) is 19.1. The molecule has 4 aromatic heterocycles. The average molecular weight is 806 g/mol. The lowest BCUT2D eigenvalue weighted by Gasteiger charge is -2.55. The van der Waals surface area contributed by atoms with Crippen molar-refractivity contribution in [3.8, 4) is 0 Å². The molecule has 4 amide bonds. The monoisotopic (exact) mass is 805 g/mol. The first kappa shape index (κ1) is 40.3. The number of amides is 4. The zero-order chi connectivity index (χ0) is 42.2. The highest BCUT2D eigenvalue weighted by Crippen LogP contribution is 2.39. The molecule has 0 aliphatic carbocycles. The lowest BCUT2D eigenvalue weighted by atomic mass is 9.78. The molecule has 5 aromatic rings. The summed E-state index contributed by atoms with van der Waals surface area (Å²) in [5.41, 5.74) is 28.2. The molecule has 2 fully saturated rings. The molecule has 7 rings (SSSR count). The number of nitrogen functional groups attached to an aromatic ring is 1. The summed E-state index contributed by atoms with van der Waals surface area (Å²) >= 11 is 0. The van der Waals surface area contributed by atoms with Crippen LogP contribution in [0.4, 0.5) is 17.6 Å². The molecule has 10 N–H and O–H groups in total. The highest BCUT2D eigenvalue weighted by atomic mass is 16.5. The minimum absolute atomic E-state index is 0.109. The number of ether oxygens (including phenoxy) is 1. The average Bonchev–Trinajstić information content (AvgIpc) is 3.78. The largest absolute Gasteiger partial charge is 0.402 e. The molecular formula is C39H47N15O5. The Labute approximate surface area is 338 Å². The smallest absolute Gasteiger partial charge is 0.278 e. The number of carbonyl (C=O) groups excluding carboxylic acids is 4. The number of anilines is 3. The number of aliphatic imine (C=N–C) groups is 1. The number of rotatable bonds is 15. The Morgan fingerprint density at radius 1 is 0.932 bits per heavy atom. The fourth-order valence-corrected chi connectivity index (χ4v) is 7.45. The first-order valence-electron chi connectivity index (χ1n) is 19.1. The van der Waals surface area contributed by atoms with Crippen molar-refractivity contribution in [1.29, 1.82) is 0 Å². The summed E-state index contributed by atoms with van der Waals surface area (Å²) in [5, 5.41) is 10.2. The SMILES string of the molecule is CCN=C(/C=C(/C)N)C(=O)Nc1nc2cc(C(N)=O)cnc2n1C/C=C/Cn1c(NC(=O)c2c(N)c(C)nn2CC)nc2cc(C(N)=O)cc(CN3CC4(COC4)C3)c21. The number of pyridine rings is 1. The van der Waals surface area contributed by atoms with E-state index in [1.807, 2.05) is 23.6 Å². The summed E-state index contributed by atoms with van der Waals surface area (Å²) in [6.45, 7) is 11.8. The van der Waals surface area contributed by atoms with Crippen molar-refractivity contribution in [1.82, 2.24) is 38.8 Å². The number of nitrogens with zero attached hydrogens (tertiary/aromatic N) is 9. The molecule has 2 saturated heterocycles. The second kappa shape index (κ2) is 16.1. The minimum Gasteiger partial charge on any atom is -0.402 e. The van der Waals surface area contributed by atoms with Gasteiger partial charge in [0.1, 0.15) is 16.9 Å². The van der Waals surface area contributed by atoms with Crippen molar-refractivity contribution in [2.24, 2.45) is 27.6 Å². The van der Waals surface area contributed by atoms with E-state index in [1.165, 1.54) is 23.0 Å². The second-order valence-electron chi connectivity index (χ2n) is 14.8. The van der Waals surface area contributed by atoms with Crippen LogP contribution < -0.4 is 33.6 Å². The van der Waals surface area contributed by atoms with Gasteiger partial charge in [0.05, 0.1) is 41.2 Å². The highest BCUT2D eigenvalue weighted by molar-refractivity contribution is 6.47. The summed E-state index contributed by atoms with van der Waals surface area (Å²) < 4.78 is 10.5. The van der Waals surface area contributed by atoms with Crippen LogP contribution in [-0.2, 0) is 35.7 Å². The number of fused-ring (bicyclic) bond motifs is 2. The van der Waals surface area contributed by atoms with Crippen molar-refractivity contribution in [3.63, 3.8) is 0 Å². The van der Waals surface area contributed by atoms with E-state index >= 15 is 0 Å². The third-order valence-electron chi connectivity index (χ3n) is 10.2. The molecule has 2 aliphatic heterocycles. The molecule has 0 radical (unpaired) electrons. The predicted octanol–water partition coefficient (Wildman–Crippen LogP) is 1.69. The molecule has 59 heavy (non-hydrogen) atoms. The van der Waals surface area contributed by atoms with E-state index in [9.17, 15) is 19.2 Å². The van der Waals surface area contributed by atoms with Gasteiger partial charge in [0.2, 0.25) is 23.7 Å². The third kappa shape index (κ3) is 7.99. The first-order chi connectivity index (χ1) is 28.2. The van der Waals surface area contributed by atoms with E-state index in [4.69, 9.17) is 32.7 Å². The summed E-state index contributed by atoms with van der Waals surface area (Å²) in [5.74, 6) is -1.99. The Bertz CT molecular complexity index is 2600. The van der Waals surface area contributed by atoms with Crippen molar-refractivity contribution in [3.05, 3.63) is 76.4 Å². The van der Waals surface area contributed by atoms with Crippen LogP contribution in [0.2, 0.25) is 0 Å². The van der Waals surface area contributed by atoms with Crippen LogP contribution in [0, 0.1) is 12.3 Å². The molecule has 0 atom stereocenters. The Morgan fingerprint density at radius 3 is 2.22 bits per heavy atom. The van der Waals surface area contributed by atoms with Crippen LogP contribution in [-0.4, -0.2) is 101 Å². The van der Waals surface area contributed by atoms with E-state index in [0.717, 1.165) is 18.7 Å². The topological polar surface area (TPSA) is 288 Å². The van der Waals surface area contributed by atoms with Gasteiger partial charge in [0, 0.05) is 68.7 Å². The van der Waals surface area contributed by atoms with Crippen molar-refractivity contribution < 1.29 is 23.9 Å². The molecule has 2 aliphatic rings. The number of primary amides is 2. The van der Waals surface area contributed by atoms with Gasteiger partial charge in [-0.1, -0.05) is 12.2 Å². The Kier molecular flexibility index (Phi) is 11.0. The Balaban J connectivity index is 1.26. The third-order valence-corrected chi connectivity index (χ3v) is 10.2. The molecule has 1 spiro atoms. The maximum atomic E-state index is 13.9. The van der Waals surface area contributed by atoms with Crippen LogP contribution in [0.1, 0.15) is 63.2 Å². The highest BCUT2D eigenvalue weighted by Gasteiger charge is 2.48. The predicted molar refractivity (Wildman–Crippen MR) is 222 cm³/mol. The molecule has 308 valence electrons. The van der Waals surface area contributed by atoms with Crippen LogP contribution in [0.15, 0.2) is 53.3 Å². The summed E-state index contributed by atoms with van der Waals surface area (Å²) in [4.78, 5) is 72.2. The zero-order valence-corrected chi connectivity index (χ0v) is 33.3. The van der Waals surface area contributed by atoms with Gasteiger partial charge in [0.15, 0.2) is 5.65 Å². The molecule has 0 saturated carbocycles. The van der Waals surface area contributed by atoms with E-state index in [0.29, 0.717) is 66.4 Å². The number of nitrogens with two attached hydrogens (primary N) is 4. The van der Waals surface area contributed by atoms with Gasteiger partial charge in [-0.25, -0.2) is 15.0 Å². The maximum Gasteiger partial charge on any atom is 0.278 e. The van der Waals surface area contributed by atoms with Crippen molar-refractivity contribution >= 4 is 69.1 Å². The Hall–Kier alpha value is -6.93. The standard InChI is InChI=1S/C39H47N15O5/c1-5-44-28(11-21(3)40)35(57)48-38-47-27-14-24(33(43)56)15-45-34(27)53(38)10-8-7-9-52-30-25(16-51-17-39(18-51)19-59-20-39)12-23(32(42)55)13-26(30)46-37(52)49-36(58)31-29(41)22(4)50-54(31)6-2/h7-8,11-15H,5-6,9-10,16-20,40-41H2,1-4H3,(H2,42,55)(H2,43,56)(H,46,49,58)(H,47,48,57)/b8-7+,21-11-,44-28?. The number of aryl methyl sites for hydroxylation is 2. The minimum atomic E-state index is -0.680. The number of allylic oxidation sites excluding steroid dienone is 3. The van der Waals surface area contributed by atoms with E-state index in [2.05, 4.69) is 35.6 Å². The van der Waals surface area contributed by atoms with E-state index in [1.54, 1.807) is 37.5 Å². The number of benzene rings is 1. The fraction of sp³-hybridized carbons (Fsp3) is 0.359. The number of nitrogens with one attached hydrogen (secondary N) is 2. The number of likely N-dealkylation sites (tertiary alicyclic amines) is 1. The van der Waals surface area contributed by atoms with Crippen LogP contribution in [0.5, 0.6) is 0 Å². The Morgan fingerprint density at radius 2 is 1.59 bits per heavy atom. The fourth-order valence-electron chi connectivity index (χ4n) is 7.45. The normalized spacial score (nSPS) is 15.5. The molecule has 1 aromatic carbocycles. The van der Waals surface area contributed by atoms with Gasteiger partial charge in [-0.05, 0) is 57.5 Å². The molecule has 6 heterocycles. The number of aromatic nitrogens is 7. The van der Waals surface area contributed by atoms with Crippen LogP contribution in [0.3, 0.4) is 0 Å². The maximum absolute atomic E-state index is 13.9. The molecule has 20 heteroatoms. The number of carbonyl (C=O) groups is 4. The molecule has 0 bridgehead atoms. The van der Waals surface area contributed by atoms with Gasteiger partial charge < -0.3 is 32.2 Å². The van der Waals surface area contributed by atoms with Crippen molar-refractivity contribution in [2.75, 3.05) is 49.2 Å². The molecule has 20 nitrogen and oxygen atoms in total. The lowest BCUT2D eigenvalue weighted by molar-refractivity contribution is -0.191. The summed E-state index contributed by atoms with van der Waals surface area (Å²) in [7, 11) is 0. The van der Waals surface area contributed by atoms with Gasteiger partial charge >= 0.3 is 0 Å². The van der Waals surface area contributed by atoms with Crippen molar-refractivity contribution in [2.45, 2.75) is 53.9 Å². The quantitative estimate of drug-likeness (QED) is 0.0651. The zero-order valence-electron chi connectivity index (χ0n) is 33.3. The van der Waals surface area contributed by atoms with E-state index < -0.39 is 23.6 Å². The second-order valence-corrected chi connectivity index (χ2v) is 14.8. The van der Waals surface area contributed by atoms with E-state index in [-0.39, 0.29) is 58.6 Å². The molecular weight excluding hydrogens is 759 g/mol. The van der Waals surface area contributed by atoms with Gasteiger partial charge in [-0.15, -0.1) is 0 Å². The summed E-state index contributed by atoms with van der Waals surface area (Å²) in [6, 6.07) is 4.87. The molecule has 0 unspecified atom stereocenters. The van der Waals surface area contributed by atoms with Crippen LogP contribution >= 0.6 is 0 Å². The number of hydrogen-bond acceptors (Lipinski definition) is 13. The van der Waals surface area contributed by atoms with Gasteiger partial charge in [-0.3, -0.25) is 49.0 Å². The van der Waals surface area contributed by atoms with Gasteiger partial charge in [0.25, 0.3) is 11.8 Å².